The van der Waals surface area contributed by atoms with Crippen molar-refractivity contribution in [3.05, 3.63) is 22.1 Å². The average Bonchev–Trinajstić information content (AvgIpc) is 2.87. The summed E-state index contributed by atoms with van der Waals surface area (Å²) in [5, 5.41) is 4.54. The molecule has 22 heavy (non-hydrogen) atoms. The Hall–Kier alpha value is -1.48. The average molecular weight is 342 g/mol. The van der Waals surface area contributed by atoms with Gasteiger partial charge in [0, 0.05) is 24.8 Å². The van der Waals surface area contributed by atoms with E-state index in [0.717, 1.165) is 18.5 Å². The van der Waals surface area contributed by atoms with Crippen LogP contribution in [-0.2, 0) is 16.3 Å². The Bertz CT molecular complexity index is 856. The highest BCUT2D eigenvalue weighted by Gasteiger charge is 2.31. The summed E-state index contributed by atoms with van der Waals surface area (Å²) < 4.78 is 24.9. The fourth-order valence-electron chi connectivity index (χ4n) is 2.49. The smallest absolute Gasteiger partial charge is 0.275 e. The van der Waals surface area contributed by atoms with Gasteiger partial charge in [-0.05, 0) is 13.3 Å². The molecule has 0 N–H and O–H groups in total. The molecule has 120 valence electrons. The Kier molecular flexibility index (Phi) is 3.94. The molecule has 0 spiro atoms. The molecule has 1 aliphatic rings. The van der Waals surface area contributed by atoms with Crippen LogP contribution in [0.4, 0.5) is 5.13 Å². The van der Waals surface area contributed by atoms with Crippen molar-refractivity contribution >= 4 is 31.3 Å². The normalized spacial score (nSPS) is 21.4. The molecular formula is C13H18N4O3S2. The molecule has 0 aliphatic carbocycles. The van der Waals surface area contributed by atoms with Crippen LogP contribution in [0.5, 0.6) is 0 Å². The lowest BCUT2D eigenvalue weighted by atomic mass is 10.2. The molecule has 9 heteroatoms. The first-order valence-electron chi connectivity index (χ1n) is 7.27. The van der Waals surface area contributed by atoms with Crippen LogP contribution in [0.1, 0.15) is 26.0 Å². The second kappa shape index (κ2) is 5.62. The maximum atomic E-state index is 12.1. The van der Waals surface area contributed by atoms with Gasteiger partial charge in [0.15, 0.2) is 9.84 Å². The Morgan fingerprint density at radius 1 is 1.45 bits per heavy atom. The molecule has 0 radical (unpaired) electrons. The van der Waals surface area contributed by atoms with Crippen molar-refractivity contribution < 1.29 is 8.42 Å². The van der Waals surface area contributed by atoms with Gasteiger partial charge in [-0.1, -0.05) is 24.7 Å². The second-order valence-corrected chi connectivity index (χ2v) is 9.01. The molecule has 0 bridgehead atoms. The highest BCUT2D eigenvalue weighted by atomic mass is 32.2. The van der Waals surface area contributed by atoms with Crippen LogP contribution in [0.3, 0.4) is 0 Å². The molecule has 1 unspecified atom stereocenters. The number of aromatic nitrogens is 3. The van der Waals surface area contributed by atoms with E-state index in [1.54, 1.807) is 6.92 Å². The summed E-state index contributed by atoms with van der Waals surface area (Å²) in [6.45, 7) is 4.55. The largest absolute Gasteiger partial charge is 0.344 e. The van der Waals surface area contributed by atoms with E-state index in [1.165, 1.54) is 21.9 Å². The zero-order chi connectivity index (χ0) is 15.9. The molecule has 2 aromatic heterocycles. The minimum Gasteiger partial charge on any atom is -0.344 e. The zero-order valence-corrected chi connectivity index (χ0v) is 14.2. The van der Waals surface area contributed by atoms with Gasteiger partial charge >= 0.3 is 0 Å². The molecule has 0 amide bonds. The third-order valence-electron chi connectivity index (χ3n) is 3.80. The van der Waals surface area contributed by atoms with Gasteiger partial charge in [-0.3, -0.25) is 4.79 Å². The van der Waals surface area contributed by atoms with Crippen molar-refractivity contribution in [2.45, 2.75) is 31.9 Å². The molecule has 3 heterocycles. The summed E-state index contributed by atoms with van der Waals surface area (Å²) >= 11 is 1.33. The van der Waals surface area contributed by atoms with Crippen LogP contribution in [-0.4, -0.2) is 47.1 Å². The van der Waals surface area contributed by atoms with E-state index >= 15 is 0 Å². The first-order valence-corrected chi connectivity index (χ1v) is 9.80. The van der Waals surface area contributed by atoms with Gasteiger partial charge < -0.3 is 4.90 Å². The van der Waals surface area contributed by atoms with Crippen LogP contribution in [0.25, 0.3) is 4.96 Å². The Balaban J connectivity index is 1.96. The van der Waals surface area contributed by atoms with Crippen LogP contribution in [0, 0.1) is 0 Å². The number of rotatable bonds is 3. The third kappa shape index (κ3) is 2.74. The van der Waals surface area contributed by atoms with Crippen molar-refractivity contribution in [2.75, 3.05) is 23.7 Å². The molecule has 1 saturated heterocycles. The Labute approximate surface area is 132 Å². The minimum absolute atomic E-state index is 0.119. The Morgan fingerprint density at radius 3 is 2.91 bits per heavy atom. The van der Waals surface area contributed by atoms with Gasteiger partial charge in [0.2, 0.25) is 10.1 Å². The molecule has 3 rings (SSSR count). The highest BCUT2D eigenvalue weighted by molar-refractivity contribution is 7.92. The number of anilines is 1. The molecule has 1 fully saturated rings. The molecule has 7 nitrogen and oxygen atoms in total. The van der Waals surface area contributed by atoms with E-state index < -0.39 is 15.1 Å². The monoisotopic (exact) mass is 342 g/mol. The maximum Gasteiger partial charge on any atom is 0.275 e. The number of hydrogen-bond acceptors (Lipinski definition) is 7. The molecule has 1 aliphatic heterocycles. The summed E-state index contributed by atoms with van der Waals surface area (Å²) in [5.74, 6) is 0.119. The fraction of sp³-hybridized carbons (Fsp3) is 0.615. The summed E-state index contributed by atoms with van der Waals surface area (Å²) in [6.07, 6.45) is 1.69. The topological polar surface area (TPSA) is 84.6 Å². The van der Waals surface area contributed by atoms with Crippen LogP contribution < -0.4 is 10.5 Å². The summed E-state index contributed by atoms with van der Waals surface area (Å²) in [7, 11) is -3.00. The van der Waals surface area contributed by atoms with Crippen LogP contribution in [0.15, 0.2) is 10.9 Å². The van der Waals surface area contributed by atoms with E-state index in [-0.39, 0.29) is 11.3 Å². The van der Waals surface area contributed by atoms with Gasteiger partial charge in [-0.15, -0.1) is 5.10 Å². The van der Waals surface area contributed by atoms with Crippen molar-refractivity contribution in [1.82, 2.24) is 14.6 Å². The van der Waals surface area contributed by atoms with Crippen molar-refractivity contribution in [2.24, 2.45) is 0 Å². The first-order chi connectivity index (χ1) is 10.4. The molecule has 0 saturated carbocycles. The SMILES string of the molecule is CCCc1cc(=O)n2nc(N3CCS(=O)(=O)C(C)C3)sc2n1. The third-order valence-corrected chi connectivity index (χ3v) is 6.90. The molecule has 1 atom stereocenters. The van der Waals surface area contributed by atoms with Crippen molar-refractivity contribution in [3.63, 3.8) is 0 Å². The van der Waals surface area contributed by atoms with E-state index in [9.17, 15) is 13.2 Å². The number of aryl methyl sites for hydroxylation is 1. The van der Waals surface area contributed by atoms with Crippen molar-refractivity contribution in [1.29, 1.82) is 0 Å². The van der Waals surface area contributed by atoms with Gasteiger partial charge in [0.25, 0.3) is 5.56 Å². The summed E-state index contributed by atoms with van der Waals surface area (Å²) in [5.41, 5.74) is 0.589. The van der Waals surface area contributed by atoms with Gasteiger partial charge in [-0.2, -0.15) is 4.52 Å². The minimum atomic E-state index is -3.00. The fourth-order valence-corrected chi connectivity index (χ4v) is 4.73. The van der Waals surface area contributed by atoms with Crippen LogP contribution in [0.2, 0.25) is 0 Å². The Morgan fingerprint density at radius 2 is 2.23 bits per heavy atom. The van der Waals surface area contributed by atoms with Crippen LogP contribution >= 0.6 is 11.3 Å². The predicted molar refractivity (Wildman–Crippen MR) is 86.6 cm³/mol. The number of fused-ring (bicyclic) bond motifs is 1. The highest BCUT2D eigenvalue weighted by Crippen LogP contribution is 2.25. The van der Waals surface area contributed by atoms with E-state index in [1.807, 2.05) is 11.8 Å². The number of nitrogens with zero attached hydrogens (tertiary/aromatic N) is 4. The lowest BCUT2D eigenvalue weighted by Crippen LogP contribution is -2.45. The predicted octanol–water partition coefficient (Wildman–Crippen LogP) is 0.727. The molecule has 0 aromatic carbocycles. The quantitative estimate of drug-likeness (QED) is 0.817. The van der Waals surface area contributed by atoms with Crippen molar-refractivity contribution in [3.8, 4) is 0 Å². The van der Waals surface area contributed by atoms with Gasteiger partial charge in [-0.25, -0.2) is 13.4 Å². The van der Waals surface area contributed by atoms with E-state index in [2.05, 4.69) is 10.1 Å². The summed E-state index contributed by atoms with van der Waals surface area (Å²) in [6, 6.07) is 1.52. The van der Waals surface area contributed by atoms with E-state index in [4.69, 9.17) is 0 Å². The zero-order valence-electron chi connectivity index (χ0n) is 12.5. The first kappa shape index (κ1) is 15.4. The van der Waals surface area contributed by atoms with Gasteiger partial charge in [0.1, 0.15) is 0 Å². The second-order valence-electron chi connectivity index (χ2n) is 5.54. The maximum absolute atomic E-state index is 12.1. The molecular weight excluding hydrogens is 324 g/mol. The standard InChI is InChI=1S/C13H18N4O3S2/c1-3-4-10-7-11(18)17-12(14-10)21-13(15-17)16-5-6-22(19,20)9(2)8-16/h7,9H,3-6,8H2,1-2H3. The summed E-state index contributed by atoms with van der Waals surface area (Å²) in [4.78, 5) is 19.0. The van der Waals surface area contributed by atoms with E-state index in [0.29, 0.717) is 23.2 Å². The van der Waals surface area contributed by atoms with Gasteiger partial charge in [0.05, 0.1) is 11.0 Å². The number of hydrogen-bond donors (Lipinski definition) is 0. The number of sulfone groups is 1. The lowest BCUT2D eigenvalue weighted by molar-refractivity contribution is 0.568. The molecule has 2 aromatic rings. The lowest BCUT2D eigenvalue weighted by Gasteiger charge is -2.30.